The summed E-state index contributed by atoms with van der Waals surface area (Å²) < 4.78 is 16.1. The van der Waals surface area contributed by atoms with Crippen molar-refractivity contribution < 1.29 is 28.6 Å². The third-order valence-corrected chi connectivity index (χ3v) is 5.25. The second-order valence-corrected chi connectivity index (χ2v) is 8.11. The maximum Gasteiger partial charge on any atom is 0.305 e. The molecule has 0 aromatic rings. The van der Waals surface area contributed by atoms with Gasteiger partial charge in [0, 0.05) is 29.9 Å². The highest BCUT2D eigenvalue weighted by molar-refractivity contribution is 9.09. The van der Waals surface area contributed by atoms with Crippen LogP contribution < -0.4 is 0 Å². The van der Waals surface area contributed by atoms with E-state index in [1.807, 2.05) is 13.8 Å². The van der Waals surface area contributed by atoms with Crippen molar-refractivity contribution in [3.63, 3.8) is 0 Å². The highest BCUT2D eigenvalue weighted by atomic mass is 79.9. The minimum atomic E-state index is -0.726. The molecule has 0 aromatic heterocycles. The van der Waals surface area contributed by atoms with Crippen LogP contribution in [0.1, 0.15) is 65.2 Å². The third-order valence-electron chi connectivity index (χ3n) is 4.13. The van der Waals surface area contributed by atoms with E-state index in [1.54, 1.807) is 0 Å². The van der Waals surface area contributed by atoms with E-state index in [-0.39, 0.29) is 37.7 Å². The molecule has 0 saturated carbocycles. The van der Waals surface area contributed by atoms with Gasteiger partial charge in [0.15, 0.2) is 0 Å². The second-order valence-electron chi connectivity index (χ2n) is 6.52. The van der Waals surface area contributed by atoms with Gasteiger partial charge in [-0.15, -0.1) is 0 Å². The summed E-state index contributed by atoms with van der Waals surface area (Å²) in [6.07, 6.45) is 4.57. The van der Waals surface area contributed by atoms with Gasteiger partial charge < -0.3 is 14.2 Å². The molecule has 0 fully saturated rings. The number of hydrogen-bond donors (Lipinski definition) is 0. The van der Waals surface area contributed by atoms with Gasteiger partial charge in [0.1, 0.15) is 19.8 Å². The highest BCUT2D eigenvalue weighted by Gasteiger charge is 2.34. The zero-order valence-corrected chi connectivity index (χ0v) is 19.6. The summed E-state index contributed by atoms with van der Waals surface area (Å²) in [5.41, 5.74) is -0.726. The number of ether oxygens (including phenoxy) is 3. The number of esters is 3. The quantitative estimate of drug-likeness (QED) is 0.170. The molecule has 0 amide bonds. The Balaban J connectivity index is 4.82. The van der Waals surface area contributed by atoms with Gasteiger partial charge in [0.2, 0.25) is 0 Å². The Hall–Kier alpha value is -0.630. The number of rotatable bonds is 16. The standard InChI is InChI=1S/C19H32Br2O6/c1-3-5-8-16(22)25-13-19(4-2,14-26-17(23)9-6-11-20)15-27-18(24)10-7-12-21/h3-15H2,1-2H3. The summed E-state index contributed by atoms with van der Waals surface area (Å²) >= 11 is 6.56. The molecule has 158 valence electrons. The van der Waals surface area contributed by atoms with Crippen molar-refractivity contribution in [1.82, 2.24) is 0 Å². The fourth-order valence-corrected chi connectivity index (χ4v) is 2.65. The number of carbonyl (C=O) groups is 3. The van der Waals surface area contributed by atoms with Crippen molar-refractivity contribution in [2.45, 2.75) is 65.2 Å². The smallest absolute Gasteiger partial charge is 0.305 e. The van der Waals surface area contributed by atoms with Crippen LogP contribution in [0.4, 0.5) is 0 Å². The molecule has 0 aliphatic carbocycles. The fraction of sp³-hybridized carbons (Fsp3) is 0.842. The molecule has 0 saturated heterocycles. The molecule has 27 heavy (non-hydrogen) atoms. The molecule has 8 heteroatoms. The molecule has 0 heterocycles. The maximum atomic E-state index is 11.9. The van der Waals surface area contributed by atoms with Crippen molar-refractivity contribution in [2.24, 2.45) is 5.41 Å². The van der Waals surface area contributed by atoms with Gasteiger partial charge in [-0.2, -0.15) is 0 Å². The van der Waals surface area contributed by atoms with Crippen LogP contribution in [0, 0.1) is 5.41 Å². The lowest BCUT2D eigenvalue weighted by Crippen LogP contribution is -2.39. The van der Waals surface area contributed by atoms with Crippen LogP contribution in [0.5, 0.6) is 0 Å². The summed E-state index contributed by atoms with van der Waals surface area (Å²) in [5.74, 6) is -0.906. The Bertz CT molecular complexity index is 382. The van der Waals surface area contributed by atoms with Gasteiger partial charge in [-0.1, -0.05) is 52.1 Å². The summed E-state index contributed by atoms with van der Waals surface area (Å²) in [6.45, 7) is 4.07. The van der Waals surface area contributed by atoms with E-state index in [0.717, 1.165) is 23.5 Å². The number of alkyl halides is 2. The molecule has 0 aliphatic heterocycles. The predicted molar refractivity (Wildman–Crippen MR) is 111 cm³/mol. The van der Waals surface area contributed by atoms with Gasteiger partial charge >= 0.3 is 17.9 Å². The van der Waals surface area contributed by atoms with Crippen LogP contribution in [-0.2, 0) is 28.6 Å². The van der Waals surface area contributed by atoms with Gasteiger partial charge in [-0.3, -0.25) is 14.4 Å². The summed E-state index contributed by atoms with van der Waals surface area (Å²) in [6, 6.07) is 0. The monoisotopic (exact) mass is 514 g/mol. The first-order valence-electron chi connectivity index (χ1n) is 9.51. The van der Waals surface area contributed by atoms with Gasteiger partial charge in [0.25, 0.3) is 0 Å². The van der Waals surface area contributed by atoms with Crippen LogP contribution in [-0.4, -0.2) is 48.4 Å². The van der Waals surface area contributed by atoms with E-state index in [9.17, 15) is 14.4 Å². The largest absolute Gasteiger partial charge is 0.465 e. The lowest BCUT2D eigenvalue weighted by Gasteiger charge is -2.31. The molecule has 0 spiro atoms. The van der Waals surface area contributed by atoms with Crippen molar-refractivity contribution in [2.75, 3.05) is 30.5 Å². The average molecular weight is 516 g/mol. The maximum absolute atomic E-state index is 11.9. The molecule has 0 aliphatic rings. The van der Waals surface area contributed by atoms with Crippen LogP contribution in [0.15, 0.2) is 0 Å². The van der Waals surface area contributed by atoms with Crippen LogP contribution in [0.25, 0.3) is 0 Å². The van der Waals surface area contributed by atoms with Crippen molar-refractivity contribution >= 4 is 49.8 Å². The summed E-state index contributed by atoms with van der Waals surface area (Å²) in [4.78, 5) is 35.6. The minimum Gasteiger partial charge on any atom is -0.465 e. The number of unbranched alkanes of at least 4 members (excludes halogenated alkanes) is 1. The van der Waals surface area contributed by atoms with Crippen LogP contribution in [0.3, 0.4) is 0 Å². The summed E-state index contributed by atoms with van der Waals surface area (Å²) in [7, 11) is 0. The SMILES string of the molecule is CCCCC(=O)OCC(CC)(COC(=O)CCCBr)COC(=O)CCCBr. The van der Waals surface area contributed by atoms with Crippen molar-refractivity contribution in [3.05, 3.63) is 0 Å². The zero-order chi connectivity index (χ0) is 20.5. The summed E-state index contributed by atoms with van der Waals surface area (Å²) in [5, 5.41) is 1.45. The van der Waals surface area contributed by atoms with E-state index in [1.165, 1.54) is 0 Å². The first kappa shape index (κ1) is 26.4. The molecule has 0 aromatic carbocycles. The van der Waals surface area contributed by atoms with Gasteiger partial charge in [0.05, 0.1) is 5.41 Å². The molecular weight excluding hydrogens is 484 g/mol. The molecule has 6 nitrogen and oxygen atoms in total. The van der Waals surface area contributed by atoms with Crippen molar-refractivity contribution in [1.29, 1.82) is 0 Å². The van der Waals surface area contributed by atoms with E-state index >= 15 is 0 Å². The lowest BCUT2D eigenvalue weighted by atomic mass is 9.88. The Morgan fingerprint density at radius 3 is 1.37 bits per heavy atom. The minimum absolute atomic E-state index is 0.0530. The van der Waals surface area contributed by atoms with E-state index < -0.39 is 5.41 Å². The Kier molecular flexibility index (Phi) is 16.0. The zero-order valence-electron chi connectivity index (χ0n) is 16.4. The average Bonchev–Trinajstić information content (AvgIpc) is 2.68. The Morgan fingerprint density at radius 2 is 1.07 bits per heavy atom. The van der Waals surface area contributed by atoms with E-state index in [0.29, 0.717) is 38.5 Å². The van der Waals surface area contributed by atoms with Crippen LogP contribution in [0.2, 0.25) is 0 Å². The van der Waals surface area contributed by atoms with E-state index in [4.69, 9.17) is 14.2 Å². The number of halogens is 2. The van der Waals surface area contributed by atoms with Crippen molar-refractivity contribution in [3.8, 4) is 0 Å². The Morgan fingerprint density at radius 1 is 0.704 bits per heavy atom. The molecule has 0 N–H and O–H groups in total. The van der Waals surface area contributed by atoms with Crippen LogP contribution >= 0.6 is 31.9 Å². The highest BCUT2D eigenvalue weighted by Crippen LogP contribution is 2.25. The van der Waals surface area contributed by atoms with E-state index in [2.05, 4.69) is 31.9 Å². The Labute approximate surface area is 179 Å². The normalized spacial score (nSPS) is 11.1. The molecular formula is C19H32Br2O6. The first-order chi connectivity index (χ1) is 12.9. The first-order valence-corrected chi connectivity index (χ1v) is 11.8. The predicted octanol–water partition coefficient (Wildman–Crippen LogP) is 4.55. The molecule has 0 bridgehead atoms. The molecule has 0 unspecified atom stereocenters. The number of carbonyl (C=O) groups excluding carboxylic acids is 3. The van der Waals surface area contributed by atoms with Gasteiger partial charge in [-0.05, 0) is 25.7 Å². The lowest BCUT2D eigenvalue weighted by molar-refractivity contribution is -0.162. The fourth-order valence-electron chi connectivity index (χ4n) is 2.09. The molecule has 0 radical (unpaired) electrons. The topological polar surface area (TPSA) is 78.9 Å². The molecule has 0 rings (SSSR count). The third kappa shape index (κ3) is 13.2. The van der Waals surface area contributed by atoms with Gasteiger partial charge in [-0.25, -0.2) is 0 Å². The second kappa shape index (κ2) is 16.3. The molecule has 0 atom stereocenters. The number of hydrogen-bond acceptors (Lipinski definition) is 6.